The first-order chi connectivity index (χ1) is 18.2. The van der Waals surface area contributed by atoms with Crippen LogP contribution in [-0.2, 0) is 9.59 Å². The molecule has 3 aromatic carbocycles. The Bertz CT molecular complexity index is 1460. The lowest BCUT2D eigenvalue weighted by atomic mass is 9.67. The number of aromatic nitrogens is 1. The fourth-order valence-electron chi connectivity index (χ4n) is 5.61. The molecule has 0 unspecified atom stereocenters. The van der Waals surface area contributed by atoms with Crippen LogP contribution in [0.4, 0.5) is 0 Å². The van der Waals surface area contributed by atoms with Crippen molar-refractivity contribution in [1.82, 2.24) is 9.88 Å². The van der Waals surface area contributed by atoms with E-state index in [-0.39, 0.29) is 24.3 Å². The molecule has 0 spiro atoms. The highest BCUT2D eigenvalue weighted by molar-refractivity contribution is 7.18. The number of fused-ring (bicyclic) bond motifs is 1. The molecule has 5 rings (SSSR count). The number of carboxylic acid groups (broad SMARTS) is 1. The van der Waals surface area contributed by atoms with Gasteiger partial charge in [-0.15, -0.1) is 11.3 Å². The van der Waals surface area contributed by atoms with Crippen LogP contribution in [0.15, 0.2) is 60.7 Å². The van der Waals surface area contributed by atoms with Gasteiger partial charge >= 0.3 is 5.97 Å². The van der Waals surface area contributed by atoms with Crippen LogP contribution in [0.5, 0.6) is 0 Å². The molecule has 1 fully saturated rings. The molecule has 4 atom stereocenters. The molecule has 1 aromatic heterocycles. The van der Waals surface area contributed by atoms with Crippen LogP contribution in [0.2, 0.25) is 10.0 Å². The quantitative estimate of drug-likeness (QED) is 0.247. The molecule has 1 aliphatic rings. The molecule has 0 bridgehead atoms. The number of carbonyl (C=O) groups is 2. The van der Waals surface area contributed by atoms with Crippen molar-refractivity contribution in [2.45, 2.75) is 51.1 Å². The molecular formula is C30H26Cl2N2O3S. The summed E-state index contributed by atoms with van der Waals surface area (Å²) in [4.78, 5) is 33.2. The Hall–Kier alpha value is -3.11. The summed E-state index contributed by atoms with van der Waals surface area (Å²) in [5.41, 5.74) is 1.43. The number of hydrogen-bond acceptors (Lipinski definition) is 4. The third kappa shape index (κ3) is 4.99. The first kappa shape index (κ1) is 26.5. The van der Waals surface area contributed by atoms with Gasteiger partial charge in [0.25, 0.3) is 0 Å². The Morgan fingerprint density at radius 3 is 2.63 bits per heavy atom. The van der Waals surface area contributed by atoms with Gasteiger partial charge in [0.05, 0.1) is 39.2 Å². The number of carboxylic acids is 1. The number of para-hydroxylation sites is 1. The zero-order valence-corrected chi connectivity index (χ0v) is 23.3. The topological polar surface area (TPSA) is 70.5 Å². The highest BCUT2D eigenvalue weighted by Gasteiger charge is 2.53. The van der Waals surface area contributed by atoms with Crippen LogP contribution in [-0.4, -0.2) is 26.9 Å². The van der Waals surface area contributed by atoms with Crippen molar-refractivity contribution in [2.24, 2.45) is 5.41 Å². The zero-order chi connectivity index (χ0) is 27.0. The number of piperidine rings is 1. The summed E-state index contributed by atoms with van der Waals surface area (Å²) in [5, 5.41) is 11.6. The van der Waals surface area contributed by atoms with Gasteiger partial charge in [-0.05, 0) is 60.9 Å². The van der Waals surface area contributed by atoms with Crippen LogP contribution < -0.4 is 0 Å². The van der Waals surface area contributed by atoms with Crippen molar-refractivity contribution in [2.75, 3.05) is 0 Å². The van der Waals surface area contributed by atoms with Crippen molar-refractivity contribution >= 4 is 56.6 Å². The molecule has 2 heterocycles. The number of benzene rings is 2. The highest BCUT2D eigenvalue weighted by atomic mass is 35.5. The largest absolute Gasteiger partial charge is 0.481 e. The van der Waals surface area contributed by atoms with Gasteiger partial charge in [-0.3, -0.25) is 9.59 Å². The molecule has 0 aliphatic carbocycles. The Balaban J connectivity index is 1.73. The van der Waals surface area contributed by atoms with Gasteiger partial charge in [0.15, 0.2) is 0 Å². The second-order valence-corrected chi connectivity index (χ2v) is 11.9. The fourth-order valence-corrected chi connectivity index (χ4v) is 7.07. The Kier molecular flexibility index (Phi) is 7.37. The standard InChI is InChI=1S/C30H26Cl2N2O3S/c1-3-24(28-33-23-9-4-5-10-25(23)38-28)34-27(18-11-13-20(31)14-12-18)22(19-7-6-8-21(32)15-19)16-30(2,29(34)37)17-26(35)36/h4-11,13,15,22,24,27H,3,16-17H2,1-2H3,(H,35,36)/t22-,24+,27-,30-/m1/s1. The molecule has 4 aromatic rings. The Morgan fingerprint density at radius 2 is 1.97 bits per heavy atom. The monoisotopic (exact) mass is 564 g/mol. The minimum atomic E-state index is -1.13. The number of carbonyl (C=O) groups excluding carboxylic acids is 1. The van der Waals surface area contributed by atoms with E-state index in [4.69, 9.17) is 28.2 Å². The first-order valence-electron chi connectivity index (χ1n) is 12.4. The van der Waals surface area contributed by atoms with E-state index in [9.17, 15) is 14.7 Å². The van der Waals surface area contributed by atoms with Gasteiger partial charge in [-0.25, -0.2) is 4.98 Å². The average Bonchev–Trinajstić information content (AvgIpc) is 3.31. The maximum absolute atomic E-state index is 14.4. The third-order valence-electron chi connectivity index (χ3n) is 7.29. The van der Waals surface area contributed by atoms with Crippen molar-refractivity contribution in [3.05, 3.63) is 99.0 Å². The molecule has 0 saturated carbocycles. The number of aliphatic carboxylic acids is 1. The zero-order valence-electron chi connectivity index (χ0n) is 20.9. The maximum atomic E-state index is 14.4. The van der Waals surface area contributed by atoms with E-state index in [2.05, 4.69) is 12.1 Å². The summed E-state index contributed by atoms with van der Waals surface area (Å²) < 4.78 is 1.04. The van der Waals surface area contributed by atoms with Crippen molar-refractivity contribution in [3.63, 3.8) is 0 Å². The van der Waals surface area contributed by atoms with Crippen LogP contribution >= 0.6 is 34.5 Å². The van der Waals surface area contributed by atoms with Crippen LogP contribution in [0.3, 0.4) is 0 Å². The van der Waals surface area contributed by atoms with E-state index in [1.165, 1.54) is 0 Å². The van der Waals surface area contributed by atoms with Gasteiger partial charge in [-0.1, -0.05) is 67.4 Å². The highest BCUT2D eigenvalue weighted by Crippen LogP contribution is 2.54. The molecular weight excluding hydrogens is 539 g/mol. The van der Waals surface area contributed by atoms with Gasteiger partial charge in [0.2, 0.25) is 5.91 Å². The summed E-state index contributed by atoms with van der Waals surface area (Å²) in [6.07, 6.45) is 0.663. The van der Waals surface area contributed by atoms with E-state index < -0.39 is 17.4 Å². The van der Waals surface area contributed by atoms with E-state index in [1.54, 1.807) is 30.4 Å². The SMILES string of the molecule is CC[C@@H](c1nc2ccccc2s1)N1C(=O)[C@@](C)(CC(=O)O)C[C@H](c2cccc(Cl)c2)[C@H]1c1c#cc(Cl)cc1. The van der Waals surface area contributed by atoms with E-state index >= 15 is 0 Å². The lowest BCUT2D eigenvalue weighted by Crippen LogP contribution is -2.53. The third-order valence-corrected chi connectivity index (χ3v) is 8.89. The molecule has 194 valence electrons. The minimum Gasteiger partial charge on any atom is -0.481 e. The molecule has 1 amide bonds. The van der Waals surface area contributed by atoms with Gasteiger partial charge in [0, 0.05) is 16.5 Å². The predicted molar refractivity (Wildman–Crippen MR) is 151 cm³/mol. The van der Waals surface area contributed by atoms with Gasteiger partial charge in [-0.2, -0.15) is 0 Å². The normalized spacial score (nSPS) is 22.3. The van der Waals surface area contributed by atoms with Crippen molar-refractivity contribution in [1.29, 1.82) is 0 Å². The number of rotatable bonds is 7. The Morgan fingerprint density at radius 1 is 1.18 bits per heavy atom. The molecule has 38 heavy (non-hydrogen) atoms. The maximum Gasteiger partial charge on any atom is 0.304 e. The summed E-state index contributed by atoms with van der Waals surface area (Å²) >= 11 is 14.1. The van der Waals surface area contributed by atoms with Crippen molar-refractivity contribution in [3.8, 4) is 0 Å². The Labute approximate surface area is 236 Å². The number of likely N-dealkylation sites (tertiary alicyclic amines) is 1. The molecule has 5 nitrogen and oxygen atoms in total. The number of hydrogen-bond donors (Lipinski definition) is 1. The summed E-state index contributed by atoms with van der Waals surface area (Å²) in [5.74, 6) is -1.47. The number of halogens is 2. The second-order valence-electron chi connectivity index (χ2n) is 9.98. The predicted octanol–water partition coefficient (Wildman–Crippen LogP) is 7.89. The molecule has 1 aliphatic heterocycles. The number of amides is 1. The number of nitrogens with zero attached hydrogens (tertiary/aromatic N) is 2. The minimum absolute atomic E-state index is 0.211. The number of thiazole rings is 1. The summed E-state index contributed by atoms with van der Waals surface area (Å²) in [6, 6.07) is 24.4. The summed E-state index contributed by atoms with van der Waals surface area (Å²) in [7, 11) is 0. The van der Waals surface area contributed by atoms with Crippen LogP contribution in [0.1, 0.15) is 67.2 Å². The molecule has 8 heteroatoms. The van der Waals surface area contributed by atoms with E-state index in [0.29, 0.717) is 22.9 Å². The van der Waals surface area contributed by atoms with E-state index in [0.717, 1.165) is 26.4 Å². The lowest BCUT2D eigenvalue weighted by molar-refractivity contribution is -0.160. The first-order valence-corrected chi connectivity index (χ1v) is 14.0. The smallest absolute Gasteiger partial charge is 0.304 e. The van der Waals surface area contributed by atoms with Gasteiger partial charge in [0.1, 0.15) is 5.01 Å². The van der Waals surface area contributed by atoms with Crippen LogP contribution in [0, 0.1) is 17.5 Å². The van der Waals surface area contributed by atoms with Gasteiger partial charge < -0.3 is 10.0 Å². The summed E-state index contributed by atoms with van der Waals surface area (Å²) in [6.45, 7) is 3.78. The van der Waals surface area contributed by atoms with Crippen molar-refractivity contribution < 1.29 is 14.7 Å². The fraction of sp³-hybridized carbons (Fsp3) is 0.300. The molecule has 1 saturated heterocycles. The average molecular weight is 566 g/mol. The van der Waals surface area contributed by atoms with E-state index in [1.807, 2.05) is 60.4 Å². The van der Waals surface area contributed by atoms with Crippen LogP contribution in [0.25, 0.3) is 10.2 Å². The molecule has 1 N–H and O–H groups in total. The molecule has 0 radical (unpaired) electrons. The lowest BCUT2D eigenvalue weighted by Gasteiger charge is -2.51. The second kappa shape index (κ2) is 10.6.